The highest BCUT2D eigenvalue weighted by Crippen LogP contribution is 2.19. The van der Waals surface area contributed by atoms with Crippen molar-refractivity contribution in [2.75, 3.05) is 12.3 Å². The maximum absolute atomic E-state index is 11.8. The Bertz CT molecular complexity index is 494. The van der Waals surface area contributed by atoms with Crippen LogP contribution in [0.25, 0.3) is 0 Å². The van der Waals surface area contributed by atoms with E-state index in [9.17, 15) is 9.59 Å². The van der Waals surface area contributed by atoms with Crippen LogP contribution in [0.5, 0.6) is 0 Å². The van der Waals surface area contributed by atoms with Crippen LogP contribution in [-0.4, -0.2) is 34.4 Å². The summed E-state index contributed by atoms with van der Waals surface area (Å²) in [4.78, 5) is 22.9. The summed E-state index contributed by atoms with van der Waals surface area (Å²) in [5, 5.41) is 15.7. The van der Waals surface area contributed by atoms with E-state index in [-0.39, 0.29) is 24.1 Å². The molecule has 22 heavy (non-hydrogen) atoms. The number of hydrogen-bond acceptors (Lipinski definition) is 5. The first-order chi connectivity index (χ1) is 10.3. The van der Waals surface area contributed by atoms with Crippen molar-refractivity contribution in [2.45, 2.75) is 39.9 Å². The molecule has 2 N–H and O–H groups in total. The predicted octanol–water partition coefficient (Wildman–Crippen LogP) is 2.39. The highest BCUT2D eigenvalue weighted by atomic mass is 32.2. The van der Waals surface area contributed by atoms with Crippen LogP contribution in [0.15, 0.2) is 4.52 Å². The van der Waals surface area contributed by atoms with E-state index in [0.717, 1.165) is 17.0 Å². The Morgan fingerprint density at radius 2 is 2.05 bits per heavy atom. The van der Waals surface area contributed by atoms with E-state index in [1.807, 2.05) is 27.7 Å². The Labute approximate surface area is 135 Å². The molecule has 0 bridgehead atoms. The number of amides is 1. The van der Waals surface area contributed by atoms with Crippen LogP contribution in [0.4, 0.5) is 0 Å². The highest BCUT2D eigenvalue weighted by molar-refractivity contribution is 7.99. The largest absolute Gasteiger partial charge is 0.481 e. The van der Waals surface area contributed by atoms with E-state index >= 15 is 0 Å². The summed E-state index contributed by atoms with van der Waals surface area (Å²) in [6.45, 7) is 7.84. The molecule has 0 aliphatic rings. The van der Waals surface area contributed by atoms with Crippen LogP contribution in [0, 0.1) is 25.7 Å². The molecule has 0 radical (unpaired) electrons. The monoisotopic (exact) mass is 328 g/mol. The van der Waals surface area contributed by atoms with Crippen molar-refractivity contribution in [2.24, 2.45) is 11.8 Å². The second-order valence-electron chi connectivity index (χ2n) is 5.76. The van der Waals surface area contributed by atoms with Crippen molar-refractivity contribution in [3.05, 3.63) is 17.0 Å². The van der Waals surface area contributed by atoms with Crippen LogP contribution >= 0.6 is 11.8 Å². The van der Waals surface area contributed by atoms with E-state index in [2.05, 4.69) is 10.5 Å². The Balaban J connectivity index is 2.32. The van der Waals surface area contributed by atoms with Gasteiger partial charge in [0.15, 0.2) is 0 Å². The van der Waals surface area contributed by atoms with Gasteiger partial charge in [0, 0.05) is 17.9 Å². The van der Waals surface area contributed by atoms with Gasteiger partial charge in [0.25, 0.3) is 0 Å². The predicted molar refractivity (Wildman–Crippen MR) is 85.7 cm³/mol. The lowest BCUT2D eigenvalue weighted by atomic mass is 9.97. The lowest BCUT2D eigenvalue weighted by Crippen LogP contribution is -2.34. The maximum atomic E-state index is 11.8. The lowest BCUT2D eigenvalue weighted by molar-refractivity contribution is -0.142. The molecule has 0 aliphatic carbocycles. The molecule has 0 aliphatic heterocycles. The molecule has 1 atom stereocenters. The van der Waals surface area contributed by atoms with E-state index in [4.69, 9.17) is 9.63 Å². The summed E-state index contributed by atoms with van der Waals surface area (Å²) in [5.74, 6) is 0.460. The second kappa shape index (κ2) is 8.82. The summed E-state index contributed by atoms with van der Waals surface area (Å²) in [6, 6.07) is 0. The Hall–Kier alpha value is -1.50. The van der Waals surface area contributed by atoms with E-state index in [0.29, 0.717) is 12.2 Å². The molecular formula is C15H24N2O4S. The molecule has 124 valence electrons. The Morgan fingerprint density at radius 1 is 1.36 bits per heavy atom. The molecule has 0 saturated carbocycles. The van der Waals surface area contributed by atoms with Gasteiger partial charge < -0.3 is 14.9 Å². The average Bonchev–Trinajstić information content (AvgIpc) is 2.74. The van der Waals surface area contributed by atoms with Gasteiger partial charge in [-0.25, -0.2) is 0 Å². The van der Waals surface area contributed by atoms with Crippen molar-refractivity contribution >= 4 is 23.6 Å². The van der Waals surface area contributed by atoms with E-state index in [1.54, 1.807) is 0 Å². The van der Waals surface area contributed by atoms with Gasteiger partial charge in [-0.15, -0.1) is 11.8 Å². The van der Waals surface area contributed by atoms with Gasteiger partial charge in [-0.05, 0) is 26.2 Å². The normalized spacial score (nSPS) is 12.4. The summed E-state index contributed by atoms with van der Waals surface area (Å²) in [6.07, 6.45) is 0.557. The fraction of sp³-hybridized carbons (Fsp3) is 0.667. The second-order valence-corrected chi connectivity index (χ2v) is 6.75. The fourth-order valence-corrected chi connectivity index (χ4v) is 3.09. The molecule has 7 heteroatoms. The fourth-order valence-electron chi connectivity index (χ4n) is 2.08. The molecule has 6 nitrogen and oxygen atoms in total. The minimum absolute atomic E-state index is 0.147. The molecule has 1 heterocycles. The molecule has 0 spiro atoms. The third-order valence-electron chi connectivity index (χ3n) is 3.31. The number of nitrogens with zero attached hydrogens (tertiary/aromatic N) is 1. The average molecular weight is 328 g/mol. The molecule has 1 aromatic rings. The molecule has 1 aromatic heterocycles. The van der Waals surface area contributed by atoms with Gasteiger partial charge in [0.2, 0.25) is 5.91 Å². The van der Waals surface area contributed by atoms with Crippen LogP contribution in [0.3, 0.4) is 0 Å². The Morgan fingerprint density at radius 3 is 2.55 bits per heavy atom. The number of aromatic nitrogens is 1. The van der Waals surface area contributed by atoms with E-state index in [1.165, 1.54) is 11.8 Å². The van der Waals surface area contributed by atoms with Gasteiger partial charge in [-0.3, -0.25) is 9.59 Å². The summed E-state index contributed by atoms with van der Waals surface area (Å²) >= 11 is 1.46. The first kappa shape index (κ1) is 18.5. The number of aliphatic carboxylic acids is 1. The number of nitrogens with one attached hydrogen (secondary N) is 1. The topological polar surface area (TPSA) is 92.4 Å². The molecule has 0 aromatic carbocycles. The number of aryl methyl sites for hydroxylation is 2. The minimum Gasteiger partial charge on any atom is -0.481 e. The molecule has 1 amide bonds. The highest BCUT2D eigenvalue weighted by Gasteiger charge is 2.19. The zero-order chi connectivity index (χ0) is 16.7. The van der Waals surface area contributed by atoms with E-state index < -0.39 is 11.9 Å². The molecule has 1 rings (SSSR count). The quantitative estimate of drug-likeness (QED) is 0.723. The minimum atomic E-state index is -0.864. The van der Waals surface area contributed by atoms with Crippen molar-refractivity contribution in [1.29, 1.82) is 0 Å². The third kappa shape index (κ3) is 6.09. The number of carbonyl (C=O) groups excluding carboxylic acids is 1. The zero-order valence-corrected chi connectivity index (χ0v) is 14.3. The third-order valence-corrected chi connectivity index (χ3v) is 4.27. The van der Waals surface area contributed by atoms with Crippen LogP contribution in [0.1, 0.15) is 37.3 Å². The van der Waals surface area contributed by atoms with Gasteiger partial charge in [-0.2, -0.15) is 0 Å². The molecule has 1 unspecified atom stereocenters. The van der Waals surface area contributed by atoms with Crippen molar-refractivity contribution in [1.82, 2.24) is 10.5 Å². The van der Waals surface area contributed by atoms with Crippen LogP contribution in [0.2, 0.25) is 0 Å². The van der Waals surface area contributed by atoms with Crippen LogP contribution in [-0.2, 0) is 15.3 Å². The van der Waals surface area contributed by atoms with Gasteiger partial charge in [-0.1, -0.05) is 19.0 Å². The number of carboxylic acid groups (broad SMARTS) is 1. The zero-order valence-electron chi connectivity index (χ0n) is 13.5. The summed E-state index contributed by atoms with van der Waals surface area (Å²) in [5.41, 5.74) is 1.86. The summed E-state index contributed by atoms with van der Waals surface area (Å²) < 4.78 is 5.07. The number of hydrogen-bond donors (Lipinski definition) is 2. The first-order valence-corrected chi connectivity index (χ1v) is 8.45. The molecular weight excluding hydrogens is 304 g/mol. The van der Waals surface area contributed by atoms with Crippen molar-refractivity contribution in [3.8, 4) is 0 Å². The van der Waals surface area contributed by atoms with Crippen molar-refractivity contribution in [3.63, 3.8) is 0 Å². The lowest BCUT2D eigenvalue weighted by Gasteiger charge is -2.15. The number of carboxylic acids is 1. The smallest absolute Gasteiger partial charge is 0.308 e. The first-order valence-electron chi connectivity index (χ1n) is 7.30. The number of carbonyl (C=O) groups is 2. The SMILES string of the molecule is Cc1noc(C)c1CSCC(=O)NCC(CC(C)C)C(=O)O. The van der Waals surface area contributed by atoms with Gasteiger partial charge in [0.1, 0.15) is 5.76 Å². The summed E-state index contributed by atoms with van der Waals surface area (Å²) in [7, 11) is 0. The van der Waals surface area contributed by atoms with Gasteiger partial charge in [0.05, 0.1) is 17.4 Å². The molecule has 0 saturated heterocycles. The number of thioether (sulfide) groups is 1. The Kier molecular flexibility index (Phi) is 7.44. The molecule has 0 fully saturated rings. The van der Waals surface area contributed by atoms with Crippen LogP contribution < -0.4 is 5.32 Å². The van der Waals surface area contributed by atoms with Gasteiger partial charge >= 0.3 is 5.97 Å². The number of rotatable bonds is 9. The van der Waals surface area contributed by atoms with Crippen molar-refractivity contribution < 1.29 is 19.2 Å². The maximum Gasteiger partial charge on any atom is 0.308 e. The standard InChI is InChI=1S/C15H24N2O4S/c1-9(2)5-12(15(19)20)6-16-14(18)8-22-7-13-10(3)17-21-11(13)4/h9,12H,5-8H2,1-4H3,(H,16,18)(H,19,20).